The zero-order valence-corrected chi connectivity index (χ0v) is 12.4. The number of hydrogen-bond donors (Lipinski definition) is 1. The van der Waals surface area contributed by atoms with Gasteiger partial charge in [0, 0.05) is 10.0 Å². The molecule has 1 aromatic carbocycles. The summed E-state index contributed by atoms with van der Waals surface area (Å²) in [6, 6.07) is 6.74. The average molecular weight is 296 g/mol. The van der Waals surface area contributed by atoms with Gasteiger partial charge in [-0.3, -0.25) is 0 Å². The van der Waals surface area contributed by atoms with Crippen LogP contribution in [0.3, 0.4) is 0 Å². The molecule has 1 aliphatic carbocycles. The summed E-state index contributed by atoms with van der Waals surface area (Å²) < 4.78 is 1.24. The Morgan fingerprint density at radius 1 is 1.29 bits per heavy atom. The normalized spacial score (nSPS) is 18.2. The van der Waals surface area contributed by atoms with Gasteiger partial charge in [-0.05, 0) is 55.2 Å². The quantitative estimate of drug-likeness (QED) is 0.857. The highest BCUT2D eigenvalue weighted by Crippen LogP contribution is 2.41. The highest BCUT2D eigenvalue weighted by Gasteiger charge is 2.34. The first kappa shape index (κ1) is 13.1. The Morgan fingerprint density at radius 3 is 2.35 bits per heavy atom. The first-order valence-electron chi connectivity index (χ1n) is 6.69. The van der Waals surface area contributed by atoms with Crippen molar-refractivity contribution in [3.8, 4) is 0 Å². The van der Waals surface area contributed by atoms with Gasteiger partial charge in [-0.1, -0.05) is 41.9 Å². The van der Waals surface area contributed by atoms with Gasteiger partial charge in [0.05, 0.1) is 0 Å². The third-order valence-corrected chi connectivity index (χ3v) is 4.93. The summed E-state index contributed by atoms with van der Waals surface area (Å²) in [4.78, 5) is 0. The van der Waals surface area contributed by atoms with Crippen LogP contribution in [0.5, 0.6) is 0 Å². The number of benzene rings is 1. The topological polar surface area (TPSA) is 26.0 Å². The third kappa shape index (κ3) is 2.43. The lowest BCUT2D eigenvalue weighted by Gasteiger charge is -2.39. The Kier molecular flexibility index (Phi) is 3.94. The van der Waals surface area contributed by atoms with Crippen LogP contribution in [0.4, 0.5) is 0 Å². The molecule has 2 N–H and O–H groups in total. The zero-order valence-electron chi connectivity index (χ0n) is 10.8. The standard InChI is InChI=1S/C15H22BrN/c1-3-11(4-2)13-7-6-12(10-14(13)16)15(17)8-5-9-15/h6-7,10-11H,3-5,8-9,17H2,1-2H3. The van der Waals surface area contributed by atoms with Crippen LogP contribution in [-0.4, -0.2) is 0 Å². The Hall–Kier alpha value is -0.340. The van der Waals surface area contributed by atoms with Gasteiger partial charge in [0.25, 0.3) is 0 Å². The Bertz CT molecular complexity index is 392. The molecule has 0 heterocycles. The first-order chi connectivity index (χ1) is 8.10. The van der Waals surface area contributed by atoms with Crippen LogP contribution in [0.25, 0.3) is 0 Å². The van der Waals surface area contributed by atoms with Crippen molar-refractivity contribution in [1.29, 1.82) is 0 Å². The predicted octanol–water partition coefficient (Wildman–Crippen LogP) is 4.69. The maximum absolute atomic E-state index is 6.36. The van der Waals surface area contributed by atoms with Gasteiger partial charge >= 0.3 is 0 Å². The van der Waals surface area contributed by atoms with E-state index in [0.29, 0.717) is 5.92 Å². The molecule has 17 heavy (non-hydrogen) atoms. The molecular formula is C15H22BrN. The number of halogens is 1. The fraction of sp³-hybridized carbons (Fsp3) is 0.600. The molecule has 1 nitrogen and oxygen atoms in total. The van der Waals surface area contributed by atoms with E-state index in [1.165, 1.54) is 34.9 Å². The second-order valence-electron chi connectivity index (χ2n) is 5.26. The Morgan fingerprint density at radius 2 is 1.94 bits per heavy atom. The number of hydrogen-bond acceptors (Lipinski definition) is 1. The summed E-state index contributed by atoms with van der Waals surface area (Å²) in [7, 11) is 0. The van der Waals surface area contributed by atoms with Crippen LogP contribution in [0.1, 0.15) is 63.0 Å². The molecule has 0 aromatic heterocycles. The largest absolute Gasteiger partial charge is 0.321 e. The maximum Gasteiger partial charge on any atom is 0.0410 e. The lowest BCUT2D eigenvalue weighted by Crippen LogP contribution is -2.43. The molecule has 1 aromatic rings. The molecule has 1 saturated carbocycles. The maximum atomic E-state index is 6.36. The molecule has 2 heteroatoms. The van der Waals surface area contributed by atoms with Crippen LogP contribution in [-0.2, 0) is 5.54 Å². The van der Waals surface area contributed by atoms with E-state index < -0.39 is 0 Å². The lowest BCUT2D eigenvalue weighted by molar-refractivity contribution is 0.253. The van der Waals surface area contributed by atoms with Gasteiger partial charge in [-0.25, -0.2) is 0 Å². The predicted molar refractivity (Wildman–Crippen MR) is 77.2 cm³/mol. The molecule has 1 fully saturated rings. The SMILES string of the molecule is CCC(CC)c1ccc(C2(N)CCC2)cc1Br. The van der Waals surface area contributed by atoms with E-state index >= 15 is 0 Å². The average Bonchev–Trinajstić information content (AvgIpc) is 2.29. The van der Waals surface area contributed by atoms with Gasteiger partial charge in [-0.2, -0.15) is 0 Å². The van der Waals surface area contributed by atoms with Gasteiger partial charge in [0.2, 0.25) is 0 Å². The molecule has 0 radical (unpaired) electrons. The fourth-order valence-electron chi connectivity index (χ4n) is 2.74. The zero-order chi connectivity index (χ0) is 12.5. The van der Waals surface area contributed by atoms with Crippen molar-refractivity contribution in [3.63, 3.8) is 0 Å². The van der Waals surface area contributed by atoms with E-state index in [1.807, 2.05) is 0 Å². The third-order valence-electron chi connectivity index (χ3n) is 4.25. The van der Waals surface area contributed by atoms with E-state index in [-0.39, 0.29) is 5.54 Å². The van der Waals surface area contributed by atoms with E-state index in [9.17, 15) is 0 Å². The minimum Gasteiger partial charge on any atom is -0.321 e. The highest BCUT2D eigenvalue weighted by molar-refractivity contribution is 9.10. The van der Waals surface area contributed by atoms with Crippen molar-refractivity contribution in [2.75, 3.05) is 0 Å². The minimum atomic E-state index is -0.0467. The van der Waals surface area contributed by atoms with Gasteiger partial charge < -0.3 is 5.73 Å². The van der Waals surface area contributed by atoms with Crippen molar-refractivity contribution < 1.29 is 0 Å². The first-order valence-corrected chi connectivity index (χ1v) is 7.49. The molecule has 0 saturated heterocycles. The van der Waals surface area contributed by atoms with Gasteiger partial charge in [-0.15, -0.1) is 0 Å². The molecule has 0 spiro atoms. The number of nitrogens with two attached hydrogens (primary N) is 1. The fourth-order valence-corrected chi connectivity index (χ4v) is 3.45. The summed E-state index contributed by atoms with van der Waals surface area (Å²) in [6.45, 7) is 4.51. The second-order valence-corrected chi connectivity index (χ2v) is 6.11. The summed E-state index contributed by atoms with van der Waals surface area (Å²) in [5.74, 6) is 0.661. The van der Waals surface area contributed by atoms with Crippen molar-refractivity contribution in [2.24, 2.45) is 5.73 Å². The summed E-state index contributed by atoms with van der Waals surface area (Å²) in [5.41, 5.74) is 9.05. The molecule has 2 rings (SSSR count). The molecule has 0 bridgehead atoms. The molecule has 0 unspecified atom stereocenters. The van der Waals surface area contributed by atoms with Gasteiger partial charge in [0.1, 0.15) is 0 Å². The minimum absolute atomic E-state index is 0.0467. The van der Waals surface area contributed by atoms with Crippen molar-refractivity contribution in [1.82, 2.24) is 0 Å². The van der Waals surface area contributed by atoms with Crippen LogP contribution < -0.4 is 5.73 Å². The summed E-state index contributed by atoms with van der Waals surface area (Å²) in [5, 5.41) is 0. The molecule has 94 valence electrons. The molecule has 1 aliphatic rings. The number of rotatable bonds is 4. The molecular weight excluding hydrogens is 274 g/mol. The molecule has 0 aliphatic heterocycles. The van der Waals surface area contributed by atoms with E-state index in [0.717, 1.165) is 12.8 Å². The summed E-state index contributed by atoms with van der Waals surface area (Å²) >= 11 is 3.72. The van der Waals surface area contributed by atoms with E-state index in [4.69, 9.17) is 5.73 Å². The van der Waals surface area contributed by atoms with Crippen molar-refractivity contribution >= 4 is 15.9 Å². The summed E-state index contributed by atoms with van der Waals surface area (Å²) in [6.07, 6.45) is 5.92. The van der Waals surface area contributed by atoms with Crippen LogP contribution in [0.15, 0.2) is 22.7 Å². The monoisotopic (exact) mass is 295 g/mol. The van der Waals surface area contributed by atoms with Crippen molar-refractivity contribution in [3.05, 3.63) is 33.8 Å². The smallest absolute Gasteiger partial charge is 0.0410 e. The second kappa shape index (κ2) is 5.11. The Labute approximate surface area is 113 Å². The van der Waals surface area contributed by atoms with Crippen LogP contribution in [0.2, 0.25) is 0 Å². The lowest BCUT2D eigenvalue weighted by atomic mass is 9.72. The van der Waals surface area contributed by atoms with Crippen LogP contribution >= 0.6 is 15.9 Å². The highest BCUT2D eigenvalue weighted by atomic mass is 79.9. The van der Waals surface area contributed by atoms with E-state index in [1.54, 1.807) is 0 Å². The van der Waals surface area contributed by atoms with Gasteiger partial charge in [0.15, 0.2) is 0 Å². The Balaban J connectivity index is 2.28. The van der Waals surface area contributed by atoms with Crippen LogP contribution in [0, 0.1) is 0 Å². The molecule has 0 atom stereocenters. The molecule has 0 amide bonds. The van der Waals surface area contributed by atoms with E-state index in [2.05, 4.69) is 48.0 Å². The van der Waals surface area contributed by atoms with Crippen molar-refractivity contribution in [2.45, 2.75) is 57.4 Å².